The first-order chi connectivity index (χ1) is 6.91. The first kappa shape index (κ1) is 11.4. The second-order valence-electron chi connectivity index (χ2n) is 4.18. The molecule has 0 saturated heterocycles. The number of nitrogens with two attached hydrogens (primary N) is 1. The Kier molecular flexibility index (Phi) is 3.18. The summed E-state index contributed by atoms with van der Waals surface area (Å²) in [6, 6.07) is 0. The number of aromatic nitrogens is 3. The molecule has 0 bridgehead atoms. The van der Waals surface area contributed by atoms with E-state index in [1.54, 1.807) is 0 Å². The van der Waals surface area contributed by atoms with Gasteiger partial charge in [0.25, 0.3) is 0 Å². The van der Waals surface area contributed by atoms with Crippen molar-refractivity contribution in [3.05, 3.63) is 18.5 Å². The molecule has 15 heavy (non-hydrogen) atoms. The molecule has 0 aromatic carbocycles. The Morgan fingerprint density at radius 2 is 1.93 bits per heavy atom. The predicted octanol–water partition coefficient (Wildman–Crippen LogP) is 1.05. The van der Waals surface area contributed by atoms with E-state index in [0.717, 1.165) is 0 Å². The van der Waals surface area contributed by atoms with Crippen LogP contribution in [0.25, 0.3) is 0 Å². The summed E-state index contributed by atoms with van der Waals surface area (Å²) in [5.41, 5.74) is 4.67. The van der Waals surface area contributed by atoms with Crippen molar-refractivity contribution in [3.63, 3.8) is 0 Å². The van der Waals surface area contributed by atoms with Gasteiger partial charge in [0.15, 0.2) is 11.9 Å². The summed E-state index contributed by atoms with van der Waals surface area (Å²) in [6.45, 7) is 5.72. The molecule has 2 N–H and O–H groups in total. The molecule has 0 radical (unpaired) electrons. The molecule has 1 aromatic heterocycles. The van der Waals surface area contributed by atoms with E-state index >= 15 is 0 Å². The summed E-state index contributed by atoms with van der Waals surface area (Å²) in [7, 11) is 0. The van der Waals surface area contributed by atoms with E-state index in [4.69, 9.17) is 10.5 Å². The highest BCUT2D eigenvalue weighted by atomic mass is 16.6. The fourth-order valence-electron chi connectivity index (χ4n) is 1.12. The first-order valence-corrected chi connectivity index (χ1v) is 4.49. The summed E-state index contributed by atoms with van der Waals surface area (Å²) in [5, 5.41) is 0. The van der Waals surface area contributed by atoms with Crippen molar-refractivity contribution in [1.82, 2.24) is 15.0 Å². The molecule has 0 fully saturated rings. The Morgan fingerprint density at radius 3 is 2.33 bits per heavy atom. The largest absolute Gasteiger partial charge is 0.438 e. The van der Waals surface area contributed by atoms with E-state index in [1.165, 1.54) is 12.7 Å². The molecule has 6 heteroatoms. The summed E-state index contributed by atoms with van der Waals surface area (Å²) in [5.74, 6) is 0.399. The van der Waals surface area contributed by atoms with Gasteiger partial charge in [-0.3, -0.25) is 0 Å². The molecule has 0 spiro atoms. The van der Waals surface area contributed by atoms with Gasteiger partial charge in [-0.2, -0.15) is 0 Å². The van der Waals surface area contributed by atoms with E-state index in [2.05, 4.69) is 15.0 Å². The lowest BCUT2D eigenvalue weighted by Crippen LogP contribution is -2.28. The quantitative estimate of drug-likeness (QED) is 0.787. The molecule has 0 aliphatic heterocycles. The van der Waals surface area contributed by atoms with Gasteiger partial charge >= 0.3 is 6.09 Å². The number of hydrogen-bond donors (Lipinski definition) is 1. The summed E-state index contributed by atoms with van der Waals surface area (Å²) >= 11 is 0. The van der Waals surface area contributed by atoms with Gasteiger partial charge in [-0.25, -0.2) is 19.7 Å². The second-order valence-corrected chi connectivity index (χ2v) is 4.18. The zero-order chi connectivity index (χ0) is 11.5. The third kappa shape index (κ3) is 3.16. The molecule has 82 valence electrons. The van der Waals surface area contributed by atoms with Crippen LogP contribution in [0.15, 0.2) is 12.7 Å². The Balaban J connectivity index is 2.97. The van der Waals surface area contributed by atoms with E-state index < -0.39 is 12.2 Å². The SMILES string of the molecule is CC(C)(C)C(OC(N)=O)c1ncncn1. The van der Waals surface area contributed by atoms with Gasteiger partial charge in [0, 0.05) is 5.41 Å². The number of primary amides is 1. The van der Waals surface area contributed by atoms with E-state index in [0.29, 0.717) is 5.82 Å². The molecule has 1 rings (SSSR count). The number of nitrogens with zero attached hydrogens (tertiary/aromatic N) is 3. The van der Waals surface area contributed by atoms with Crippen molar-refractivity contribution >= 4 is 6.09 Å². The van der Waals surface area contributed by atoms with Gasteiger partial charge in [0.2, 0.25) is 0 Å². The minimum Gasteiger partial charge on any atom is -0.438 e. The number of hydrogen-bond acceptors (Lipinski definition) is 5. The number of carbonyl (C=O) groups excluding carboxylic acids is 1. The Morgan fingerprint density at radius 1 is 1.40 bits per heavy atom. The fraction of sp³-hybridized carbons (Fsp3) is 0.556. The monoisotopic (exact) mass is 210 g/mol. The van der Waals surface area contributed by atoms with Crippen LogP contribution in [-0.4, -0.2) is 21.0 Å². The smallest absolute Gasteiger partial charge is 0.405 e. The Hall–Kier alpha value is -1.72. The zero-order valence-corrected chi connectivity index (χ0v) is 8.97. The van der Waals surface area contributed by atoms with Crippen molar-refractivity contribution < 1.29 is 9.53 Å². The first-order valence-electron chi connectivity index (χ1n) is 4.49. The average molecular weight is 210 g/mol. The van der Waals surface area contributed by atoms with E-state index in [9.17, 15) is 4.79 Å². The third-order valence-corrected chi connectivity index (χ3v) is 1.77. The average Bonchev–Trinajstić information content (AvgIpc) is 2.14. The number of ether oxygens (including phenoxy) is 1. The molecular formula is C9H14N4O2. The standard InChI is InChI=1S/C9H14N4O2/c1-9(2,3)6(15-8(10)14)7-12-4-11-5-13-7/h4-6H,1-3H3,(H2,10,14). The van der Waals surface area contributed by atoms with Crippen molar-refractivity contribution in [3.8, 4) is 0 Å². The highest BCUT2D eigenvalue weighted by molar-refractivity contribution is 5.65. The summed E-state index contributed by atoms with van der Waals surface area (Å²) in [6.07, 6.45) is 1.30. The minimum atomic E-state index is -0.838. The van der Waals surface area contributed by atoms with Crippen LogP contribution in [-0.2, 0) is 4.74 Å². The van der Waals surface area contributed by atoms with Crippen LogP contribution < -0.4 is 5.73 Å². The topological polar surface area (TPSA) is 91.0 Å². The van der Waals surface area contributed by atoms with Crippen LogP contribution in [0.2, 0.25) is 0 Å². The maximum atomic E-state index is 10.8. The lowest BCUT2D eigenvalue weighted by Gasteiger charge is -2.27. The van der Waals surface area contributed by atoms with Crippen molar-refractivity contribution in [2.45, 2.75) is 26.9 Å². The van der Waals surface area contributed by atoms with Crippen LogP contribution in [0.3, 0.4) is 0 Å². The Labute approximate surface area is 87.9 Å². The zero-order valence-electron chi connectivity index (χ0n) is 8.97. The van der Waals surface area contributed by atoms with Crippen molar-refractivity contribution in [2.24, 2.45) is 11.1 Å². The molecule has 1 unspecified atom stereocenters. The van der Waals surface area contributed by atoms with E-state index in [-0.39, 0.29) is 5.41 Å². The maximum absolute atomic E-state index is 10.8. The number of rotatable bonds is 2. The molecule has 0 saturated carbocycles. The van der Waals surface area contributed by atoms with Gasteiger partial charge in [-0.1, -0.05) is 20.8 Å². The highest BCUT2D eigenvalue weighted by Crippen LogP contribution is 2.33. The Bertz CT molecular complexity index is 334. The van der Waals surface area contributed by atoms with E-state index in [1.807, 2.05) is 20.8 Å². The van der Waals surface area contributed by atoms with Crippen LogP contribution in [0.5, 0.6) is 0 Å². The van der Waals surface area contributed by atoms with Gasteiger partial charge in [-0.15, -0.1) is 0 Å². The lowest BCUT2D eigenvalue weighted by atomic mass is 9.88. The van der Waals surface area contributed by atoms with Gasteiger partial charge in [0.05, 0.1) is 0 Å². The highest BCUT2D eigenvalue weighted by Gasteiger charge is 2.31. The fourth-order valence-corrected chi connectivity index (χ4v) is 1.12. The molecule has 1 aromatic rings. The van der Waals surface area contributed by atoms with Gasteiger partial charge in [0.1, 0.15) is 12.7 Å². The normalized spacial score (nSPS) is 13.3. The molecule has 1 atom stereocenters. The second kappa shape index (κ2) is 4.20. The minimum absolute atomic E-state index is 0.323. The van der Waals surface area contributed by atoms with Crippen molar-refractivity contribution in [1.29, 1.82) is 0 Å². The van der Waals surface area contributed by atoms with Gasteiger partial charge < -0.3 is 10.5 Å². The maximum Gasteiger partial charge on any atom is 0.405 e. The lowest BCUT2D eigenvalue weighted by molar-refractivity contribution is 0.0298. The summed E-state index contributed by atoms with van der Waals surface area (Å²) in [4.78, 5) is 22.3. The molecule has 0 aliphatic rings. The van der Waals surface area contributed by atoms with Gasteiger partial charge in [-0.05, 0) is 0 Å². The molecule has 1 amide bonds. The summed E-state index contributed by atoms with van der Waals surface area (Å²) < 4.78 is 4.99. The number of carbonyl (C=O) groups is 1. The van der Waals surface area contributed by atoms with Crippen LogP contribution >= 0.6 is 0 Å². The van der Waals surface area contributed by atoms with Crippen LogP contribution in [0.1, 0.15) is 32.7 Å². The van der Waals surface area contributed by atoms with Crippen LogP contribution in [0.4, 0.5) is 4.79 Å². The number of amides is 1. The third-order valence-electron chi connectivity index (χ3n) is 1.77. The molecule has 1 heterocycles. The molecule has 0 aliphatic carbocycles. The molecular weight excluding hydrogens is 196 g/mol. The van der Waals surface area contributed by atoms with Crippen molar-refractivity contribution in [2.75, 3.05) is 0 Å². The predicted molar refractivity (Wildman–Crippen MR) is 52.7 cm³/mol. The van der Waals surface area contributed by atoms with Crippen LogP contribution in [0, 0.1) is 5.41 Å². The molecule has 6 nitrogen and oxygen atoms in total.